The Kier molecular flexibility index (Phi) is 5.81. The van der Waals surface area contributed by atoms with Gasteiger partial charge in [-0.05, 0) is 49.3 Å². The highest BCUT2D eigenvalue weighted by Gasteiger charge is 2.30. The Morgan fingerprint density at radius 3 is 2.72 bits per heavy atom. The quantitative estimate of drug-likeness (QED) is 0.854. The van der Waals surface area contributed by atoms with E-state index in [-0.39, 0.29) is 25.3 Å². The molecule has 6 heteroatoms. The minimum Gasteiger partial charge on any atom is -0.454 e. The number of amides is 1. The van der Waals surface area contributed by atoms with Crippen molar-refractivity contribution in [1.82, 2.24) is 4.90 Å². The molecule has 0 spiro atoms. The maximum Gasteiger partial charge on any atom is 0.242 e. The molecule has 1 fully saturated rings. The van der Waals surface area contributed by atoms with Crippen LogP contribution in [-0.2, 0) is 16.1 Å². The largest absolute Gasteiger partial charge is 0.454 e. The minimum atomic E-state index is -0.627. The molecular formula is C19H28N2O4. The van der Waals surface area contributed by atoms with Crippen LogP contribution in [0.1, 0.15) is 38.2 Å². The fourth-order valence-electron chi connectivity index (χ4n) is 3.64. The normalized spacial score (nSPS) is 23.3. The summed E-state index contributed by atoms with van der Waals surface area (Å²) in [5.74, 6) is 2.18. The highest BCUT2D eigenvalue weighted by molar-refractivity contribution is 5.82. The van der Waals surface area contributed by atoms with Crippen molar-refractivity contribution in [1.29, 1.82) is 0 Å². The van der Waals surface area contributed by atoms with Crippen molar-refractivity contribution in [2.24, 2.45) is 11.7 Å². The lowest BCUT2D eigenvalue weighted by molar-refractivity contribution is -0.137. The van der Waals surface area contributed by atoms with Gasteiger partial charge in [-0.3, -0.25) is 4.79 Å². The van der Waals surface area contributed by atoms with Crippen molar-refractivity contribution >= 4 is 5.91 Å². The summed E-state index contributed by atoms with van der Waals surface area (Å²) < 4.78 is 15.9. The van der Waals surface area contributed by atoms with Crippen LogP contribution in [0.25, 0.3) is 0 Å². The minimum absolute atomic E-state index is 0.0425. The van der Waals surface area contributed by atoms with Gasteiger partial charge in [0.2, 0.25) is 12.7 Å². The summed E-state index contributed by atoms with van der Waals surface area (Å²) in [6.45, 7) is 3.29. The molecule has 0 bridgehead atoms. The number of methoxy groups -OCH3 is 1. The van der Waals surface area contributed by atoms with Gasteiger partial charge in [0, 0.05) is 19.7 Å². The Morgan fingerprint density at radius 2 is 2.00 bits per heavy atom. The van der Waals surface area contributed by atoms with Gasteiger partial charge in [-0.25, -0.2) is 0 Å². The molecule has 2 N–H and O–H groups in total. The number of carbonyl (C=O) groups is 1. The van der Waals surface area contributed by atoms with Crippen LogP contribution in [-0.4, -0.2) is 43.4 Å². The molecule has 2 aliphatic rings. The predicted molar refractivity (Wildman–Crippen MR) is 94.4 cm³/mol. The molecule has 1 aliphatic carbocycles. The fraction of sp³-hybridized carbons (Fsp3) is 0.632. The number of benzene rings is 1. The molecule has 1 atom stereocenters. The van der Waals surface area contributed by atoms with Crippen molar-refractivity contribution in [3.63, 3.8) is 0 Å². The molecular weight excluding hydrogens is 320 g/mol. The van der Waals surface area contributed by atoms with Gasteiger partial charge in [0.25, 0.3) is 0 Å². The average molecular weight is 348 g/mol. The average Bonchev–Trinajstić information content (AvgIpc) is 3.08. The third kappa shape index (κ3) is 4.25. The highest BCUT2D eigenvalue weighted by atomic mass is 16.7. The van der Waals surface area contributed by atoms with Crippen LogP contribution < -0.4 is 15.2 Å². The van der Waals surface area contributed by atoms with Crippen LogP contribution in [0.5, 0.6) is 11.5 Å². The van der Waals surface area contributed by atoms with E-state index in [4.69, 9.17) is 19.9 Å². The van der Waals surface area contributed by atoms with E-state index in [9.17, 15) is 4.79 Å². The van der Waals surface area contributed by atoms with Gasteiger partial charge < -0.3 is 24.8 Å². The molecule has 0 aromatic heterocycles. The van der Waals surface area contributed by atoms with Crippen LogP contribution in [0.15, 0.2) is 18.2 Å². The molecule has 1 aromatic rings. The number of carbonyl (C=O) groups excluding carboxylic acids is 1. The van der Waals surface area contributed by atoms with E-state index in [0.717, 1.165) is 48.7 Å². The molecule has 1 saturated carbocycles. The van der Waals surface area contributed by atoms with Crippen LogP contribution in [0.4, 0.5) is 0 Å². The number of hydrogen-bond donors (Lipinski definition) is 1. The number of ether oxygens (including phenoxy) is 3. The van der Waals surface area contributed by atoms with E-state index < -0.39 is 6.04 Å². The number of nitrogens with zero attached hydrogens (tertiary/aromatic N) is 1. The van der Waals surface area contributed by atoms with Gasteiger partial charge in [-0.1, -0.05) is 13.0 Å². The molecule has 1 unspecified atom stereocenters. The van der Waals surface area contributed by atoms with Crippen molar-refractivity contribution in [3.8, 4) is 11.5 Å². The Bertz CT molecular complexity index is 599. The van der Waals surface area contributed by atoms with E-state index in [1.54, 1.807) is 7.11 Å². The van der Waals surface area contributed by atoms with Gasteiger partial charge in [0.1, 0.15) is 6.04 Å². The van der Waals surface area contributed by atoms with Gasteiger partial charge in [0.05, 0.1) is 6.61 Å². The lowest BCUT2D eigenvalue weighted by atomic mass is 9.86. The summed E-state index contributed by atoms with van der Waals surface area (Å²) in [5, 5.41) is 0. The first-order valence-electron chi connectivity index (χ1n) is 9.02. The molecule has 1 amide bonds. The lowest BCUT2D eigenvalue weighted by Crippen LogP contribution is -2.50. The number of rotatable bonds is 6. The van der Waals surface area contributed by atoms with Crippen LogP contribution in [0.2, 0.25) is 0 Å². The summed E-state index contributed by atoms with van der Waals surface area (Å²) >= 11 is 0. The SMILES string of the molecule is COCC(N)C(=O)N(Cc1ccc2c(c1)OCO2)C1CCC(C)CC1. The Morgan fingerprint density at radius 1 is 1.28 bits per heavy atom. The van der Waals surface area contributed by atoms with Crippen LogP contribution in [0, 0.1) is 5.92 Å². The van der Waals surface area contributed by atoms with Gasteiger partial charge in [0.15, 0.2) is 11.5 Å². The van der Waals surface area contributed by atoms with E-state index >= 15 is 0 Å². The molecule has 0 saturated heterocycles. The maximum atomic E-state index is 12.9. The molecule has 1 aromatic carbocycles. The lowest BCUT2D eigenvalue weighted by Gasteiger charge is -2.37. The zero-order valence-corrected chi connectivity index (χ0v) is 15.1. The van der Waals surface area contributed by atoms with Crippen molar-refractivity contribution in [2.45, 2.75) is 51.2 Å². The fourth-order valence-corrected chi connectivity index (χ4v) is 3.64. The van der Waals surface area contributed by atoms with E-state index in [2.05, 4.69) is 6.92 Å². The van der Waals surface area contributed by atoms with Gasteiger partial charge >= 0.3 is 0 Å². The summed E-state index contributed by atoms with van der Waals surface area (Å²) in [6.07, 6.45) is 4.35. The highest BCUT2D eigenvalue weighted by Crippen LogP contribution is 2.34. The Hall–Kier alpha value is -1.79. The molecule has 6 nitrogen and oxygen atoms in total. The topological polar surface area (TPSA) is 74.0 Å². The first kappa shape index (κ1) is 18.0. The molecule has 3 rings (SSSR count). The van der Waals surface area contributed by atoms with Crippen molar-refractivity contribution in [3.05, 3.63) is 23.8 Å². The summed E-state index contributed by atoms with van der Waals surface area (Å²) in [7, 11) is 1.57. The van der Waals surface area contributed by atoms with Crippen LogP contribution >= 0.6 is 0 Å². The Labute approximate surface area is 149 Å². The maximum absolute atomic E-state index is 12.9. The predicted octanol–water partition coefficient (Wildman–Crippen LogP) is 2.30. The van der Waals surface area contributed by atoms with E-state index in [1.165, 1.54) is 0 Å². The summed E-state index contributed by atoms with van der Waals surface area (Å²) in [6, 6.07) is 5.45. The molecule has 1 aliphatic heterocycles. The Balaban J connectivity index is 1.76. The van der Waals surface area contributed by atoms with Crippen molar-refractivity contribution in [2.75, 3.05) is 20.5 Å². The van der Waals surface area contributed by atoms with Crippen LogP contribution in [0.3, 0.4) is 0 Å². The number of fused-ring (bicyclic) bond motifs is 1. The molecule has 0 radical (unpaired) electrons. The second-order valence-electron chi connectivity index (χ2n) is 7.13. The van der Waals surface area contributed by atoms with E-state index in [1.807, 2.05) is 23.1 Å². The number of nitrogens with two attached hydrogens (primary N) is 1. The second-order valence-corrected chi connectivity index (χ2v) is 7.13. The first-order valence-corrected chi connectivity index (χ1v) is 9.02. The standard InChI is InChI=1S/C19H28N2O4/c1-13-3-6-15(7-4-13)21(19(22)16(20)11-23-2)10-14-5-8-17-18(9-14)25-12-24-17/h5,8-9,13,15-16H,3-4,6-7,10-12,20H2,1-2H3. The summed E-state index contributed by atoms with van der Waals surface area (Å²) in [5.41, 5.74) is 7.07. The summed E-state index contributed by atoms with van der Waals surface area (Å²) in [4.78, 5) is 14.9. The second kappa shape index (κ2) is 8.06. The van der Waals surface area contributed by atoms with Gasteiger partial charge in [-0.2, -0.15) is 0 Å². The monoisotopic (exact) mass is 348 g/mol. The van der Waals surface area contributed by atoms with Crippen molar-refractivity contribution < 1.29 is 19.0 Å². The van der Waals surface area contributed by atoms with E-state index in [0.29, 0.717) is 6.54 Å². The zero-order chi connectivity index (χ0) is 17.8. The third-order valence-corrected chi connectivity index (χ3v) is 5.16. The zero-order valence-electron chi connectivity index (χ0n) is 15.1. The van der Waals surface area contributed by atoms with Gasteiger partial charge in [-0.15, -0.1) is 0 Å². The molecule has 25 heavy (non-hydrogen) atoms. The smallest absolute Gasteiger partial charge is 0.242 e. The third-order valence-electron chi connectivity index (χ3n) is 5.16. The number of hydrogen-bond acceptors (Lipinski definition) is 5. The molecule has 138 valence electrons. The molecule has 1 heterocycles. The first-order chi connectivity index (χ1) is 12.1.